The molecule has 1 rings (SSSR count). The van der Waals surface area contributed by atoms with E-state index in [0.29, 0.717) is 11.6 Å². The van der Waals surface area contributed by atoms with Crippen LogP contribution >= 0.6 is 0 Å². The zero-order valence-corrected chi connectivity index (χ0v) is 7.92. The fraction of sp³-hybridized carbons (Fsp3) is 0.667. The average molecular weight is 184 g/mol. The van der Waals surface area contributed by atoms with Crippen molar-refractivity contribution in [3.63, 3.8) is 0 Å². The molecule has 0 bridgehead atoms. The van der Waals surface area contributed by atoms with Gasteiger partial charge in [0.25, 0.3) is 0 Å². The van der Waals surface area contributed by atoms with Crippen molar-refractivity contribution in [2.24, 2.45) is 5.92 Å². The summed E-state index contributed by atoms with van der Waals surface area (Å²) < 4.78 is 0. The molecule has 0 atom stereocenters. The van der Waals surface area contributed by atoms with E-state index in [9.17, 15) is 0 Å². The molecule has 1 fully saturated rings. The van der Waals surface area contributed by atoms with Gasteiger partial charge in [0.05, 0.1) is 5.84 Å². The second-order valence-corrected chi connectivity index (χ2v) is 3.40. The van der Waals surface area contributed by atoms with Crippen molar-refractivity contribution in [1.29, 1.82) is 5.41 Å². The van der Waals surface area contributed by atoms with Gasteiger partial charge in [-0.15, -0.1) is 0 Å². The molecule has 2 N–H and O–H groups in total. The Morgan fingerprint density at radius 1 is 1.54 bits per heavy atom. The Labute approximate surface area is 78.2 Å². The predicted molar refractivity (Wildman–Crippen MR) is 50.6 cm³/mol. The highest BCUT2D eigenvalue weighted by molar-refractivity contribution is 5.76. The van der Waals surface area contributed by atoms with Crippen molar-refractivity contribution in [2.75, 3.05) is 13.1 Å². The maximum absolute atomic E-state index is 8.41. The first-order chi connectivity index (χ1) is 6.15. The molecule has 0 amide bonds. The normalized spacial score (nSPS) is 18.5. The van der Waals surface area contributed by atoms with Crippen molar-refractivity contribution in [2.45, 2.75) is 19.8 Å². The minimum Gasteiger partial charge on any atom is -0.361 e. The maximum atomic E-state index is 8.41. The molecule has 0 aromatic carbocycles. The minimum absolute atomic E-state index is 0.237. The van der Waals surface area contributed by atoms with Crippen LogP contribution in [-0.2, 0) is 4.89 Å². The first-order valence-corrected chi connectivity index (χ1v) is 4.45. The molecule has 0 saturated carbocycles. The van der Waals surface area contributed by atoms with E-state index in [2.05, 4.69) is 11.5 Å². The molecule has 0 unspecified atom stereocenters. The van der Waals surface area contributed by atoms with Gasteiger partial charge in [-0.3, -0.25) is 5.41 Å². The van der Waals surface area contributed by atoms with Gasteiger partial charge >= 0.3 is 0 Å². The van der Waals surface area contributed by atoms with Crippen LogP contribution in [0.4, 0.5) is 0 Å². The molecule has 1 heterocycles. The van der Waals surface area contributed by atoms with E-state index in [1.165, 1.54) is 0 Å². The highest BCUT2D eigenvalue weighted by atomic mass is 17.1. The predicted octanol–water partition coefficient (Wildman–Crippen LogP) is 1.70. The first kappa shape index (κ1) is 10.1. The number of piperidine rings is 1. The van der Waals surface area contributed by atoms with Crippen molar-refractivity contribution in [3.8, 4) is 0 Å². The Morgan fingerprint density at radius 3 is 2.46 bits per heavy atom. The van der Waals surface area contributed by atoms with E-state index < -0.39 is 0 Å². The molecule has 0 aliphatic carbocycles. The molecule has 13 heavy (non-hydrogen) atoms. The number of likely N-dealkylation sites (tertiary alicyclic amines) is 1. The highest BCUT2D eigenvalue weighted by Crippen LogP contribution is 2.23. The van der Waals surface area contributed by atoms with E-state index in [1.807, 2.05) is 4.90 Å². The lowest BCUT2D eigenvalue weighted by Gasteiger charge is -2.32. The molecule has 1 aliphatic heterocycles. The summed E-state index contributed by atoms with van der Waals surface area (Å²) in [4.78, 5) is 6.13. The third-order valence-corrected chi connectivity index (χ3v) is 2.54. The lowest BCUT2D eigenvalue weighted by molar-refractivity contribution is -0.212. The number of hydrogen-bond acceptors (Lipinski definition) is 3. The van der Waals surface area contributed by atoms with Crippen molar-refractivity contribution < 1.29 is 10.1 Å². The van der Waals surface area contributed by atoms with Crippen molar-refractivity contribution in [1.82, 2.24) is 4.90 Å². The second kappa shape index (κ2) is 4.28. The van der Waals surface area contributed by atoms with E-state index in [4.69, 9.17) is 10.7 Å². The van der Waals surface area contributed by atoms with Gasteiger partial charge in [0.2, 0.25) is 0 Å². The largest absolute Gasteiger partial charge is 0.361 e. The molecular weight excluding hydrogens is 168 g/mol. The summed E-state index contributed by atoms with van der Waals surface area (Å²) in [5, 5.41) is 15.8. The average Bonchev–Trinajstić information content (AvgIpc) is 2.17. The van der Waals surface area contributed by atoms with Crippen LogP contribution in [0.15, 0.2) is 12.3 Å². The summed E-state index contributed by atoms with van der Waals surface area (Å²) in [6.07, 6.45) is 1.80. The molecule has 0 aromatic heterocycles. The lowest BCUT2D eigenvalue weighted by Crippen LogP contribution is -2.37. The van der Waals surface area contributed by atoms with Crippen LogP contribution < -0.4 is 0 Å². The van der Waals surface area contributed by atoms with E-state index in [-0.39, 0.29) is 5.92 Å². The summed E-state index contributed by atoms with van der Waals surface area (Å²) >= 11 is 0. The Bertz CT molecular complexity index is 208. The molecule has 0 aromatic rings. The molecule has 0 radical (unpaired) electrons. The zero-order chi connectivity index (χ0) is 9.84. The van der Waals surface area contributed by atoms with Crippen LogP contribution in [0, 0.1) is 11.3 Å². The van der Waals surface area contributed by atoms with Gasteiger partial charge in [-0.2, -0.15) is 0 Å². The molecule has 1 aliphatic rings. The van der Waals surface area contributed by atoms with Gasteiger partial charge < -0.3 is 9.79 Å². The van der Waals surface area contributed by atoms with Gasteiger partial charge in [0.1, 0.15) is 5.76 Å². The highest BCUT2D eigenvalue weighted by Gasteiger charge is 2.22. The summed E-state index contributed by atoms with van der Waals surface area (Å²) in [6.45, 7) is 7.11. The third-order valence-electron chi connectivity index (χ3n) is 2.54. The van der Waals surface area contributed by atoms with Crippen LogP contribution in [0.25, 0.3) is 0 Å². The number of rotatable bonds is 2. The van der Waals surface area contributed by atoms with Gasteiger partial charge in [-0.1, -0.05) is 6.58 Å². The van der Waals surface area contributed by atoms with Crippen LogP contribution in [0.2, 0.25) is 0 Å². The fourth-order valence-electron chi connectivity index (χ4n) is 1.61. The fourth-order valence-corrected chi connectivity index (χ4v) is 1.61. The number of hydrogen-bond donors (Lipinski definition) is 2. The first-order valence-electron chi connectivity index (χ1n) is 4.45. The van der Waals surface area contributed by atoms with Crippen molar-refractivity contribution >= 4 is 5.84 Å². The summed E-state index contributed by atoms with van der Waals surface area (Å²) in [5.74, 6) is 1.29. The monoisotopic (exact) mass is 184 g/mol. The Balaban J connectivity index is 2.39. The minimum atomic E-state index is 0.237. The number of allylic oxidation sites excluding steroid dienone is 1. The third kappa shape index (κ3) is 2.45. The Kier molecular flexibility index (Phi) is 3.31. The molecule has 4 heteroatoms. The number of nitrogens with zero attached hydrogens (tertiary/aromatic N) is 1. The van der Waals surface area contributed by atoms with Gasteiger partial charge in [-0.05, 0) is 19.8 Å². The SMILES string of the molecule is C=C(OO)C1CCN(C(C)=N)CC1. The molecular formula is C9H16N2O2. The van der Waals surface area contributed by atoms with Gasteiger partial charge in [0, 0.05) is 19.0 Å². The molecule has 0 spiro atoms. The standard InChI is InChI=1S/C9H16N2O2/c1-7(13-12)9-3-5-11(6-4-9)8(2)10/h9-10,12H,1,3-6H2,2H3. The molecule has 4 nitrogen and oxygen atoms in total. The summed E-state index contributed by atoms with van der Waals surface area (Å²) in [7, 11) is 0. The Morgan fingerprint density at radius 2 is 2.08 bits per heavy atom. The zero-order valence-electron chi connectivity index (χ0n) is 7.92. The van der Waals surface area contributed by atoms with Gasteiger partial charge in [0.15, 0.2) is 0 Å². The van der Waals surface area contributed by atoms with Gasteiger partial charge in [-0.25, -0.2) is 5.26 Å². The number of nitrogens with one attached hydrogen (secondary N) is 1. The van der Waals surface area contributed by atoms with Crippen LogP contribution in [-0.4, -0.2) is 29.1 Å². The summed E-state index contributed by atoms with van der Waals surface area (Å²) in [5.41, 5.74) is 0. The second-order valence-electron chi connectivity index (χ2n) is 3.40. The van der Waals surface area contributed by atoms with E-state index >= 15 is 0 Å². The van der Waals surface area contributed by atoms with E-state index in [0.717, 1.165) is 25.9 Å². The number of amidine groups is 1. The topological polar surface area (TPSA) is 56.6 Å². The smallest absolute Gasteiger partial charge is 0.138 e. The Hall–Kier alpha value is -1.03. The quantitative estimate of drug-likeness (QED) is 0.226. The van der Waals surface area contributed by atoms with Crippen LogP contribution in [0.3, 0.4) is 0 Å². The van der Waals surface area contributed by atoms with E-state index in [1.54, 1.807) is 6.92 Å². The van der Waals surface area contributed by atoms with Crippen LogP contribution in [0.1, 0.15) is 19.8 Å². The maximum Gasteiger partial charge on any atom is 0.138 e. The van der Waals surface area contributed by atoms with Crippen LogP contribution in [0.5, 0.6) is 0 Å². The summed E-state index contributed by atoms with van der Waals surface area (Å²) in [6, 6.07) is 0. The molecule has 74 valence electrons. The lowest BCUT2D eigenvalue weighted by atomic mass is 9.95. The van der Waals surface area contributed by atoms with Crippen molar-refractivity contribution in [3.05, 3.63) is 12.3 Å². The molecule has 1 saturated heterocycles.